The highest BCUT2D eigenvalue weighted by Crippen LogP contribution is 2.29. The van der Waals surface area contributed by atoms with Crippen molar-refractivity contribution in [3.05, 3.63) is 47.7 Å². The molecule has 4 nitrogen and oxygen atoms in total. The Labute approximate surface area is 124 Å². The summed E-state index contributed by atoms with van der Waals surface area (Å²) < 4.78 is 5.16. The van der Waals surface area contributed by atoms with Gasteiger partial charge in [0, 0.05) is 17.4 Å². The first-order valence-electron chi connectivity index (χ1n) is 6.99. The van der Waals surface area contributed by atoms with Crippen LogP contribution in [-0.4, -0.2) is 24.1 Å². The summed E-state index contributed by atoms with van der Waals surface area (Å²) in [6, 6.07) is 10.4. The summed E-state index contributed by atoms with van der Waals surface area (Å²) in [6.45, 7) is 3.00. The predicted molar refractivity (Wildman–Crippen MR) is 85.6 cm³/mol. The summed E-state index contributed by atoms with van der Waals surface area (Å²) in [5, 5.41) is 4.43. The Morgan fingerprint density at radius 3 is 2.76 bits per heavy atom. The van der Waals surface area contributed by atoms with Gasteiger partial charge in [-0.2, -0.15) is 0 Å². The quantitative estimate of drug-likeness (QED) is 0.771. The van der Waals surface area contributed by atoms with Gasteiger partial charge in [-0.05, 0) is 49.4 Å². The summed E-state index contributed by atoms with van der Waals surface area (Å²) in [5.74, 6) is 0.767. The highest BCUT2D eigenvalue weighted by Gasteiger charge is 2.11. The van der Waals surface area contributed by atoms with E-state index in [-0.39, 0.29) is 0 Å². The van der Waals surface area contributed by atoms with Crippen molar-refractivity contribution >= 4 is 10.9 Å². The Morgan fingerprint density at radius 2 is 2.10 bits per heavy atom. The smallest absolute Gasteiger partial charge is 0.137 e. The van der Waals surface area contributed by atoms with E-state index in [0.717, 1.165) is 29.2 Å². The van der Waals surface area contributed by atoms with Crippen molar-refractivity contribution in [1.29, 1.82) is 0 Å². The summed E-state index contributed by atoms with van der Waals surface area (Å²) >= 11 is 0. The SMILES string of the molecule is CNCc1ccc2[nH]c(-c3ccc(OC)cn3)c(C)c2c1. The zero-order valence-corrected chi connectivity index (χ0v) is 12.5. The fraction of sp³-hybridized carbons (Fsp3) is 0.235. The van der Waals surface area contributed by atoms with Gasteiger partial charge in [-0.15, -0.1) is 0 Å². The van der Waals surface area contributed by atoms with Crippen LogP contribution in [0.5, 0.6) is 5.75 Å². The Hall–Kier alpha value is -2.33. The van der Waals surface area contributed by atoms with Crippen LogP contribution < -0.4 is 10.1 Å². The van der Waals surface area contributed by atoms with E-state index in [1.54, 1.807) is 13.3 Å². The molecule has 0 atom stereocenters. The van der Waals surface area contributed by atoms with Crippen LogP contribution in [0.1, 0.15) is 11.1 Å². The van der Waals surface area contributed by atoms with Gasteiger partial charge in [0.05, 0.1) is 24.7 Å². The van der Waals surface area contributed by atoms with Crippen LogP contribution in [0, 0.1) is 6.92 Å². The minimum Gasteiger partial charge on any atom is -0.495 e. The van der Waals surface area contributed by atoms with E-state index in [4.69, 9.17) is 4.74 Å². The lowest BCUT2D eigenvalue weighted by molar-refractivity contribution is 0.413. The first-order chi connectivity index (χ1) is 10.2. The lowest BCUT2D eigenvalue weighted by atomic mass is 10.1. The first kappa shape index (κ1) is 13.6. The van der Waals surface area contributed by atoms with Crippen molar-refractivity contribution < 1.29 is 4.74 Å². The highest BCUT2D eigenvalue weighted by molar-refractivity contribution is 5.90. The third-order valence-electron chi connectivity index (χ3n) is 3.73. The fourth-order valence-corrected chi connectivity index (χ4v) is 2.59. The number of fused-ring (bicyclic) bond motifs is 1. The Balaban J connectivity index is 2.07. The minimum atomic E-state index is 0.767. The monoisotopic (exact) mass is 281 g/mol. The van der Waals surface area contributed by atoms with E-state index in [1.807, 2.05) is 19.2 Å². The van der Waals surface area contributed by atoms with Gasteiger partial charge in [-0.3, -0.25) is 4.98 Å². The largest absolute Gasteiger partial charge is 0.495 e. The number of rotatable bonds is 4. The van der Waals surface area contributed by atoms with Crippen LogP contribution >= 0.6 is 0 Å². The molecule has 0 saturated heterocycles. The van der Waals surface area contributed by atoms with Gasteiger partial charge >= 0.3 is 0 Å². The number of aromatic nitrogens is 2. The molecule has 0 fully saturated rings. The van der Waals surface area contributed by atoms with Gasteiger partial charge in [0.25, 0.3) is 0 Å². The number of hydrogen-bond donors (Lipinski definition) is 2. The molecule has 0 bridgehead atoms. The summed E-state index contributed by atoms with van der Waals surface area (Å²) in [6.07, 6.45) is 1.74. The number of hydrogen-bond acceptors (Lipinski definition) is 3. The fourth-order valence-electron chi connectivity index (χ4n) is 2.59. The third-order valence-corrected chi connectivity index (χ3v) is 3.73. The zero-order chi connectivity index (χ0) is 14.8. The second kappa shape index (κ2) is 5.58. The van der Waals surface area contributed by atoms with Crippen molar-refractivity contribution in [3.63, 3.8) is 0 Å². The number of aromatic amines is 1. The molecule has 0 aliphatic carbocycles. The summed E-state index contributed by atoms with van der Waals surface area (Å²) in [4.78, 5) is 7.93. The third kappa shape index (κ3) is 2.50. The van der Waals surface area contributed by atoms with Gasteiger partial charge in [0.15, 0.2) is 0 Å². The molecule has 0 spiro atoms. The zero-order valence-electron chi connectivity index (χ0n) is 12.5. The molecule has 3 aromatic rings. The molecule has 0 aliphatic heterocycles. The number of methoxy groups -OCH3 is 1. The maximum atomic E-state index is 5.16. The molecule has 0 aliphatic rings. The molecule has 0 amide bonds. The van der Waals surface area contributed by atoms with Crippen molar-refractivity contribution in [2.75, 3.05) is 14.2 Å². The van der Waals surface area contributed by atoms with E-state index in [9.17, 15) is 0 Å². The number of ether oxygens (including phenoxy) is 1. The molecule has 2 aromatic heterocycles. The van der Waals surface area contributed by atoms with Crippen molar-refractivity contribution in [3.8, 4) is 17.1 Å². The molecule has 1 aromatic carbocycles. The Morgan fingerprint density at radius 1 is 1.24 bits per heavy atom. The average molecular weight is 281 g/mol. The van der Waals surface area contributed by atoms with Gasteiger partial charge in [0.1, 0.15) is 5.75 Å². The Kier molecular flexibility index (Phi) is 3.62. The van der Waals surface area contributed by atoms with Crippen LogP contribution in [-0.2, 0) is 6.54 Å². The number of aryl methyl sites for hydroxylation is 1. The number of nitrogens with one attached hydrogen (secondary N) is 2. The van der Waals surface area contributed by atoms with Crippen LogP contribution in [0.3, 0.4) is 0 Å². The number of pyridine rings is 1. The molecule has 2 N–H and O–H groups in total. The lowest BCUT2D eigenvalue weighted by Gasteiger charge is -2.02. The molecule has 4 heteroatoms. The normalized spacial score (nSPS) is 11.0. The van der Waals surface area contributed by atoms with Crippen LogP contribution in [0.4, 0.5) is 0 Å². The van der Waals surface area contributed by atoms with Gasteiger partial charge in [0.2, 0.25) is 0 Å². The number of benzene rings is 1. The standard InChI is InChI=1S/C17H19N3O/c1-11-14-8-12(9-18-2)4-6-15(14)20-17(11)16-7-5-13(21-3)10-19-16/h4-8,10,18,20H,9H2,1-3H3. The Bertz CT molecular complexity index is 760. The predicted octanol–water partition coefficient (Wildman–Crippen LogP) is 3.27. The topological polar surface area (TPSA) is 49.9 Å². The average Bonchev–Trinajstić information content (AvgIpc) is 2.85. The van der Waals surface area contributed by atoms with Gasteiger partial charge < -0.3 is 15.0 Å². The second-order valence-electron chi connectivity index (χ2n) is 5.12. The second-order valence-corrected chi connectivity index (χ2v) is 5.12. The molecular formula is C17H19N3O. The van der Waals surface area contributed by atoms with E-state index < -0.39 is 0 Å². The van der Waals surface area contributed by atoms with E-state index in [1.165, 1.54) is 16.5 Å². The first-order valence-corrected chi connectivity index (χ1v) is 6.99. The highest BCUT2D eigenvalue weighted by atomic mass is 16.5. The molecule has 2 heterocycles. The molecule has 21 heavy (non-hydrogen) atoms. The van der Waals surface area contributed by atoms with Crippen LogP contribution in [0.2, 0.25) is 0 Å². The van der Waals surface area contributed by atoms with E-state index in [0.29, 0.717) is 0 Å². The molecular weight excluding hydrogens is 262 g/mol. The molecule has 0 saturated carbocycles. The van der Waals surface area contributed by atoms with Crippen LogP contribution in [0.15, 0.2) is 36.5 Å². The van der Waals surface area contributed by atoms with Gasteiger partial charge in [-0.1, -0.05) is 6.07 Å². The molecule has 3 rings (SSSR count). The van der Waals surface area contributed by atoms with Gasteiger partial charge in [-0.25, -0.2) is 0 Å². The van der Waals surface area contributed by atoms with Crippen molar-refractivity contribution in [1.82, 2.24) is 15.3 Å². The number of nitrogens with zero attached hydrogens (tertiary/aromatic N) is 1. The van der Waals surface area contributed by atoms with Crippen molar-refractivity contribution in [2.24, 2.45) is 0 Å². The van der Waals surface area contributed by atoms with Crippen molar-refractivity contribution in [2.45, 2.75) is 13.5 Å². The maximum Gasteiger partial charge on any atom is 0.137 e. The molecule has 108 valence electrons. The lowest BCUT2D eigenvalue weighted by Crippen LogP contribution is -2.04. The van der Waals surface area contributed by atoms with E-state index >= 15 is 0 Å². The maximum absolute atomic E-state index is 5.16. The minimum absolute atomic E-state index is 0.767. The van der Waals surface area contributed by atoms with Crippen LogP contribution in [0.25, 0.3) is 22.3 Å². The molecule has 0 unspecified atom stereocenters. The summed E-state index contributed by atoms with van der Waals surface area (Å²) in [7, 11) is 3.61. The van der Waals surface area contributed by atoms with E-state index in [2.05, 4.69) is 40.4 Å². The molecule has 0 radical (unpaired) electrons. The summed E-state index contributed by atoms with van der Waals surface area (Å²) in [5.41, 5.74) is 5.64. The number of H-pyrrole nitrogens is 1.